The summed E-state index contributed by atoms with van der Waals surface area (Å²) >= 11 is 12.2. The predicted octanol–water partition coefficient (Wildman–Crippen LogP) is 3.02. The highest BCUT2D eigenvalue weighted by Gasteiger charge is 2.22. The third kappa shape index (κ3) is 5.47. The number of piperazine rings is 1. The van der Waals surface area contributed by atoms with Crippen molar-refractivity contribution in [2.24, 2.45) is 0 Å². The fraction of sp³-hybridized carbons (Fsp3) is 0.474. The Morgan fingerprint density at radius 1 is 1.08 bits per heavy atom. The first-order chi connectivity index (χ1) is 12.5. The molecule has 0 spiro atoms. The number of hydrogen-bond donors (Lipinski definition) is 0. The van der Waals surface area contributed by atoms with Crippen molar-refractivity contribution in [3.8, 4) is 0 Å². The Morgan fingerprint density at radius 2 is 1.65 bits per heavy atom. The summed E-state index contributed by atoms with van der Waals surface area (Å²) in [5.41, 5.74) is 0.646. The molecule has 1 aromatic carbocycles. The minimum atomic E-state index is -0.0734. The lowest BCUT2D eigenvalue weighted by molar-refractivity contribution is -0.133. The fourth-order valence-electron chi connectivity index (χ4n) is 2.92. The van der Waals surface area contributed by atoms with Gasteiger partial charge in [-0.3, -0.25) is 14.5 Å². The number of benzene rings is 1. The largest absolute Gasteiger partial charge is 0.342 e. The van der Waals surface area contributed by atoms with Crippen LogP contribution >= 0.6 is 23.2 Å². The molecule has 1 heterocycles. The summed E-state index contributed by atoms with van der Waals surface area (Å²) < 4.78 is 0. The topological polar surface area (TPSA) is 43.9 Å². The van der Waals surface area contributed by atoms with Crippen LogP contribution in [0, 0.1) is 0 Å². The molecule has 2 amide bonds. The molecule has 0 saturated carbocycles. The lowest BCUT2D eigenvalue weighted by Gasteiger charge is -2.34. The van der Waals surface area contributed by atoms with E-state index in [9.17, 15) is 9.59 Å². The van der Waals surface area contributed by atoms with E-state index in [4.69, 9.17) is 23.2 Å². The van der Waals surface area contributed by atoms with Crippen LogP contribution in [0.2, 0.25) is 10.0 Å². The van der Waals surface area contributed by atoms with E-state index in [1.807, 2.05) is 18.7 Å². The van der Waals surface area contributed by atoms with Gasteiger partial charge in [0.05, 0.1) is 6.54 Å². The summed E-state index contributed by atoms with van der Waals surface area (Å²) in [6.07, 6.45) is 3.16. The van der Waals surface area contributed by atoms with Crippen LogP contribution in [0.4, 0.5) is 0 Å². The fourth-order valence-corrected chi connectivity index (χ4v) is 3.45. The molecule has 0 unspecified atom stereocenters. The second kappa shape index (κ2) is 9.95. The molecule has 1 saturated heterocycles. The number of halogens is 2. The molecule has 0 radical (unpaired) electrons. The van der Waals surface area contributed by atoms with Gasteiger partial charge in [0.2, 0.25) is 11.8 Å². The van der Waals surface area contributed by atoms with Gasteiger partial charge in [-0.2, -0.15) is 0 Å². The zero-order valence-electron chi connectivity index (χ0n) is 15.3. The SMILES string of the molecule is CCN(CC)C(=O)CN1CCN(C(=O)/C=C/c2c(Cl)cccc2Cl)CC1. The van der Waals surface area contributed by atoms with Crippen LogP contribution in [0.1, 0.15) is 19.4 Å². The third-order valence-corrected chi connectivity index (χ3v) is 5.21. The van der Waals surface area contributed by atoms with E-state index in [0.29, 0.717) is 48.3 Å². The average molecular weight is 398 g/mol. The van der Waals surface area contributed by atoms with Crippen molar-refractivity contribution in [3.63, 3.8) is 0 Å². The average Bonchev–Trinajstić information content (AvgIpc) is 2.62. The number of likely N-dealkylation sites (N-methyl/N-ethyl adjacent to an activating group) is 1. The molecule has 0 atom stereocenters. The number of nitrogens with zero attached hydrogens (tertiary/aromatic N) is 3. The normalized spacial score (nSPS) is 15.5. The van der Waals surface area contributed by atoms with Gasteiger partial charge in [0.15, 0.2) is 0 Å². The van der Waals surface area contributed by atoms with Gasteiger partial charge < -0.3 is 9.80 Å². The second-order valence-corrected chi connectivity index (χ2v) is 6.95. The van der Waals surface area contributed by atoms with Gasteiger partial charge in [-0.15, -0.1) is 0 Å². The number of amides is 2. The van der Waals surface area contributed by atoms with Gasteiger partial charge in [-0.05, 0) is 32.1 Å². The number of carbonyl (C=O) groups excluding carboxylic acids is 2. The molecule has 0 bridgehead atoms. The highest BCUT2D eigenvalue weighted by atomic mass is 35.5. The molecule has 0 aliphatic carbocycles. The number of rotatable bonds is 6. The van der Waals surface area contributed by atoms with Crippen LogP contribution in [0.25, 0.3) is 6.08 Å². The first kappa shape index (κ1) is 20.7. The highest BCUT2D eigenvalue weighted by molar-refractivity contribution is 6.37. The molecule has 1 aliphatic heterocycles. The maximum atomic E-state index is 12.4. The van der Waals surface area contributed by atoms with Crippen molar-refractivity contribution in [1.82, 2.24) is 14.7 Å². The van der Waals surface area contributed by atoms with E-state index in [2.05, 4.69) is 4.90 Å². The quantitative estimate of drug-likeness (QED) is 0.692. The monoisotopic (exact) mass is 397 g/mol. The Labute approximate surface area is 165 Å². The van der Waals surface area contributed by atoms with E-state index in [1.54, 1.807) is 29.2 Å². The van der Waals surface area contributed by atoms with E-state index in [-0.39, 0.29) is 11.8 Å². The molecule has 1 aromatic rings. The zero-order valence-corrected chi connectivity index (χ0v) is 16.8. The lowest BCUT2D eigenvalue weighted by atomic mass is 10.2. The van der Waals surface area contributed by atoms with Crippen LogP contribution < -0.4 is 0 Å². The standard InChI is InChI=1S/C19H25Cl2N3O2/c1-3-23(4-2)19(26)14-22-10-12-24(13-11-22)18(25)9-8-15-16(20)6-5-7-17(15)21/h5-9H,3-4,10-14H2,1-2H3/b9-8+. The van der Waals surface area contributed by atoms with Crippen LogP contribution in [-0.2, 0) is 9.59 Å². The Morgan fingerprint density at radius 3 is 2.19 bits per heavy atom. The zero-order chi connectivity index (χ0) is 19.1. The van der Waals surface area contributed by atoms with E-state index in [0.717, 1.165) is 13.1 Å². The summed E-state index contributed by atoms with van der Waals surface area (Å²) in [7, 11) is 0. The minimum Gasteiger partial charge on any atom is -0.342 e. The number of carbonyl (C=O) groups is 2. The Balaban J connectivity index is 1.86. The van der Waals surface area contributed by atoms with Crippen molar-refractivity contribution in [3.05, 3.63) is 39.9 Å². The predicted molar refractivity (Wildman–Crippen MR) is 106 cm³/mol. The summed E-state index contributed by atoms with van der Waals surface area (Å²) in [5, 5.41) is 1.03. The Bertz CT molecular complexity index is 646. The molecule has 2 rings (SSSR count). The highest BCUT2D eigenvalue weighted by Crippen LogP contribution is 2.25. The summed E-state index contributed by atoms with van der Waals surface area (Å²) in [6, 6.07) is 5.25. The first-order valence-electron chi connectivity index (χ1n) is 8.87. The summed E-state index contributed by atoms with van der Waals surface area (Å²) in [4.78, 5) is 30.3. The number of hydrogen-bond acceptors (Lipinski definition) is 3. The third-order valence-electron chi connectivity index (χ3n) is 4.55. The summed E-state index contributed by atoms with van der Waals surface area (Å²) in [6.45, 7) is 8.42. The van der Waals surface area contributed by atoms with Gasteiger partial charge in [-0.1, -0.05) is 29.3 Å². The van der Waals surface area contributed by atoms with Crippen molar-refractivity contribution in [2.45, 2.75) is 13.8 Å². The smallest absolute Gasteiger partial charge is 0.246 e. The van der Waals surface area contributed by atoms with Gasteiger partial charge in [-0.25, -0.2) is 0 Å². The lowest BCUT2D eigenvalue weighted by Crippen LogP contribution is -2.51. The van der Waals surface area contributed by atoms with Crippen LogP contribution in [-0.4, -0.2) is 72.3 Å². The van der Waals surface area contributed by atoms with Crippen LogP contribution in [0.3, 0.4) is 0 Å². The molecular formula is C19H25Cl2N3O2. The van der Waals surface area contributed by atoms with Crippen molar-refractivity contribution < 1.29 is 9.59 Å². The van der Waals surface area contributed by atoms with E-state index in [1.165, 1.54) is 6.08 Å². The van der Waals surface area contributed by atoms with Gasteiger partial charge in [0.25, 0.3) is 0 Å². The molecule has 7 heteroatoms. The van der Waals surface area contributed by atoms with E-state index >= 15 is 0 Å². The molecule has 1 aliphatic rings. The van der Waals surface area contributed by atoms with Crippen molar-refractivity contribution in [1.29, 1.82) is 0 Å². The molecular weight excluding hydrogens is 373 g/mol. The van der Waals surface area contributed by atoms with Crippen molar-refractivity contribution >= 4 is 41.1 Å². The Kier molecular flexibility index (Phi) is 7.94. The molecule has 0 N–H and O–H groups in total. The molecule has 0 aromatic heterocycles. The molecule has 26 heavy (non-hydrogen) atoms. The molecule has 1 fully saturated rings. The molecule has 142 valence electrons. The maximum Gasteiger partial charge on any atom is 0.246 e. The van der Waals surface area contributed by atoms with Gasteiger partial charge in [0, 0.05) is 61.0 Å². The minimum absolute atomic E-state index is 0.0734. The van der Waals surface area contributed by atoms with Crippen molar-refractivity contribution in [2.75, 3.05) is 45.8 Å². The van der Waals surface area contributed by atoms with Crippen LogP contribution in [0.5, 0.6) is 0 Å². The van der Waals surface area contributed by atoms with Crippen LogP contribution in [0.15, 0.2) is 24.3 Å². The first-order valence-corrected chi connectivity index (χ1v) is 9.63. The van der Waals surface area contributed by atoms with Gasteiger partial charge >= 0.3 is 0 Å². The maximum absolute atomic E-state index is 12.4. The Hall–Kier alpha value is -1.56. The van der Waals surface area contributed by atoms with Gasteiger partial charge in [0.1, 0.15) is 0 Å². The second-order valence-electron chi connectivity index (χ2n) is 6.14. The summed E-state index contributed by atoms with van der Waals surface area (Å²) in [5.74, 6) is 0.0683. The van der Waals surface area contributed by atoms with E-state index < -0.39 is 0 Å². The molecule has 5 nitrogen and oxygen atoms in total.